The first-order valence-corrected chi connectivity index (χ1v) is 30.8. The van der Waals surface area contributed by atoms with Gasteiger partial charge in [0.1, 0.15) is 5.76 Å². The molecule has 12 aliphatic rings. The Morgan fingerprint density at radius 1 is 0.643 bits per heavy atom. The molecule has 4 heterocycles. The van der Waals surface area contributed by atoms with Gasteiger partial charge in [-0.3, -0.25) is 4.90 Å². The summed E-state index contributed by atoms with van der Waals surface area (Å²) < 4.78 is 7.87. The van der Waals surface area contributed by atoms with Gasteiger partial charge < -0.3 is 14.5 Å². The molecular weight excluding hydrogens is 850 g/mol. The van der Waals surface area contributed by atoms with Crippen molar-refractivity contribution in [1.29, 1.82) is 0 Å². The van der Waals surface area contributed by atoms with Gasteiger partial charge in [-0.1, -0.05) is 112 Å². The molecule has 0 aromatic heterocycles. The first-order valence-electron chi connectivity index (χ1n) is 30.8. The van der Waals surface area contributed by atoms with Crippen LogP contribution >= 0.6 is 0 Å². The van der Waals surface area contributed by atoms with Crippen LogP contribution in [0, 0.1) is 51.2 Å². The van der Waals surface area contributed by atoms with Gasteiger partial charge in [-0.2, -0.15) is 0 Å². The summed E-state index contributed by atoms with van der Waals surface area (Å²) >= 11 is 0. The van der Waals surface area contributed by atoms with Gasteiger partial charge >= 0.3 is 0 Å². The molecule has 0 amide bonds. The van der Waals surface area contributed by atoms with Gasteiger partial charge in [-0.15, -0.1) is 0 Å². The van der Waals surface area contributed by atoms with Crippen LogP contribution in [0.5, 0.6) is 0 Å². The molecule has 4 aliphatic heterocycles. The molecule has 0 aromatic carbocycles. The Morgan fingerprint density at radius 2 is 1.37 bits per heavy atom. The van der Waals surface area contributed by atoms with Crippen LogP contribution < -0.4 is 0 Å². The molecule has 4 nitrogen and oxygen atoms in total. The van der Waals surface area contributed by atoms with E-state index in [4.69, 9.17) is 4.74 Å². The van der Waals surface area contributed by atoms with E-state index in [9.17, 15) is 0 Å². The number of hydrogen-bond acceptors (Lipinski definition) is 4. The highest BCUT2D eigenvalue weighted by atomic mass is 16.5. The summed E-state index contributed by atoms with van der Waals surface area (Å²) in [5.74, 6) is 6.60. The van der Waals surface area contributed by atoms with Crippen LogP contribution in [-0.2, 0) is 4.74 Å². The number of nitrogens with zero attached hydrogens (tertiary/aromatic N) is 3. The molecule has 7 fully saturated rings. The second kappa shape index (κ2) is 17.9. The molecule has 0 bridgehead atoms. The zero-order chi connectivity index (χ0) is 48.7. The van der Waals surface area contributed by atoms with Crippen molar-refractivity contribution in [2.45, 2.75) is 296 Å². The van der Waals surface area contributed by atoms with Crippen molar-refractivity contribution in [2.24, 2.45) is 51.2 Å². The van der Waals surface area contributed by atoms with Crippen LogP contribution in [0.1, 0.15) is 237 Å². The monoisotopic (exact) mass is 952 g/mol. The van der Waals surface area contributed by atoms with Crippen molar-refractivity contribution in [3.05, 3.63) is 58.7 Å². The molecule has 0 aromatic rings. The Bertz CT molecular complexity index is 2120. The molecule has 3 saturated heterocycles. The molecule has 12 atom stereocenters. The highest BCUT2D eigenvalue weighted by Gasteiger charge is 2.76. The highest BCUT2D eigenvalue weighted by molar-refractivity contribution is 6.65. The Kier molecular flexibility index (Phi) is 12.5. The first kappa shape index (κ1) is 49.0. The number of fused-ring (bicyclic) bond motifs is 6. The van der Waals surface area contributed by atoms with Gasteiger partial charge in [0.15, 0.2) is 0 Å². The number of allylic oxidation sites excluding steroid dienone is 8. The average molecular weight is 952 g/mol. The fourth-order valence-electron chi connectivity index (χ4n) is 20.8. The standard InChI is InChI=1S/C65H102BN3O/c1-61(2,3)43-28-32-46(33-29-43)67(47-34-30-44(31-35-47)62(4,5)6)48-40-54-57-55(41-48)69-59-51(65(64(69,10)11)36-20-13-21-37-65)38-45(63(7,8)9)39-52(59)66(57)60-58(50-25-17-19-27-56(50)70-60)68(54)53-26-18-16-24-49(53)42-22-14-12-15-23-42/h12,14,19,27,32,42-45,47-48,51-52,54-55,57-60H,13,15-18,20-26,28-31,33-41H2,1-11H3. The fourth-order valence-corrected chi connectivity index (χ4v) is 20.8. The largest absolute Gasteiger partial charge is 0.496 e. The normalized spacial score (nSPS) is 41.4. The summed E-state index contributed by atoms with van der Waals surface area (Å²) in [5.41, 5.74) is 8.93. The van der Waals surface area contributed by atoms with Gasteiger partial charge in [0.2, 0.25) is 6.71 Å². The molecule has 12 rings (SSSR count). The van der Waals surface area contributed by atoms with E-state index in [0.717, 1.165) is 29.6 Å². The predicted molar refractivity (Wildman–Crippen MR) is 295 cm³/mol. The van der Waals surface area contributed by atoms with Crippen LogP contribution in [0.3, 0.4) is 0 Å². The van der Waals surface area contributed by atoms with Crippen LogP contribution in [0.2, 0.25) is 11.6 Å². The molecule has 8 aliphatic carbocycles. The third-order valence-electron chi connectivity index (χ3n) is 24.4. The summed E-state index contributed by atoms with van der Waals surface area (Å²) in [5, 5.41) is 0. The van der Waals surface area contributed by atoms with Crippen molar-refractivity contribution < 1.29 is 4.74 Å². The predicted octanol–water partition coefficient (Wildman–Crippen LogP) is 16.7. The van der Waals surface area contributed by atoms with Gasteiger partial charge in [0.05, 0.1) is 12.0 Å². The Labute approximate surface area is 430 Å². The Hall–Kier alpha value is -1.88. The molecule has 0 radical (unpaired) electrons. The maximum Gasteiger partial charge on any atom is 0.206 e. The number of hydrogen-bond donors (Lipinski definition) is 0. The van der Waals surface area contributed by atoms with Gasteiger partial charge in [-0.25, -0.2) is 0 Å². The van der Waals surface area contributed by atoms with E-state index in [0.29, 0.717) is 76.3 Å². The van der Waals surface area contributed by atoms with Crippen LogP contribution in [0.25, 0.3) is 0 Å². The van der Waals surface area contributed by atoms with E-state index in [2.05, 4.69) is 121 Å². The number of rotatable bonds is 5. The Morgan fingerprint density at radius 3 is 2.06 bits per heavy atom. The van der Waals surface area contributed by atoms with Gasteiger partial charge in [0, 0.05) is 47.1 Å². The van der Waals surface area contributed by atoms with E-state index in [1.165, 1.54) is 166 Å². The maximum absolute atomic E-state index is 7.87. The van der Waals surface area contributed by atoms with Gasteiger partial charge in [0.25, 0.3) is 0 Å². The summed E-state index contributed by atoms with van der Waals surface area (Å²) in [6, 6.07) is 3.81. The SMILES string of the molecule is CC(C)(C)C1CC=C(N(C2CCC(C(C)(C)C)CC2)C2CC3C4B(C5CC(C(C)(C)C)CC6C5N(C4C2)C(C)(C)C62CCCCC2)C2OC4=C(CCC=C4)C2N3C2=C(C3CC=CCC3)CCCC2)CC1. The molecule has 12 unspecified atom stereocenters. The third kappa shape index (κ3) is 7.84. The van der Waals surface area contributed by atoms with Crippen molar-refractivity contribution in [2.75, 3.05) is 0 Å². The lowest BCUT2D eigenvalue weighted by molar-refractivity contribution is -0.0659. The summed E-state index contributed by atoms with van der Waals surface area (Å²) in [6.07, 6.45) is 46.8. The minimum Gasteiger partial charge on any atom is -0.496 e. The molecule has 386 valence electrons. The second-order valence-electron chi connectivity index (χ2n) is 30.6. The van der Waals surface area contributed by atoms with Gasteiger partial charge in [-0.05, 0) is 229 Å². The lowest BCUT2D eigenvalue weighted by Gasteiger charge is -2.68. The minimum atomic E-state index is 0.192. The fraction of sp³-hybridized carbons (Fsp3) is 0.846. The van der Waals surface area contributed by atoms with Crippen LogP contribution in [0.4, 0.5) is 0 Å². The summed E-state index contributed by atoms with van der Waals surface area (Å²) in [6.45, 7) is 29.4. The zero-order valence-electron chi connectivity index (χ0n) is 47.0. The average Bonchev–Trinajstić information content (AvgIpc) is 3.80. The number of ether oxygens (including phenoxy) is 1. The second-order valence-corrected chi connectivity index (χ2v) is 30.6. The quantitative estimate of drug-likeness (QED) is 0.202. The van der Waals surface area contributed by atoms with Crippen molar-refractivity contribution in [3.63, 3.8) is 0 Å². The zero-order valence-corrected chi connectivity index (χ0v) is 47.0. The minimum absolute atomic E-state index is 0.192. The molecule has 0 N–H and O–H groups in total. The summed E-state index contributed by atoms with van der Waals surface area (Å²) in [7, 11) is 0. The van der Waals surface area contributed by atoms with Crippen LogP contribution in [-0.4, -0.2) is 69.2 Å². The van der Waals surface area contributed by atoms with Crippen molar-refractivity contribution in [3.8, 4) is 0 Å². The smallest absolute Gasteiger partial charge is 0.206 e. The maximum atomic E-state index is 7.87. The first-order chi connectivity index (χ1) is 33.4. The van der Waals surface area contributed by atoms with E-state index in [1.54, 1.807) is 11.3 Å². The van der Waals surface area contributed by atoms with Crippen molar-refractivity contribution >= 4 is 6.71 Å². The summed E-state index contributed by atoms with van der Waals surface area (Å²) in [4.78, 5) is 10.1. The lowest BCUT2D eigenvalue weighted by atomic mass is 9.21. The molecule has 70 heavy (non-hydrogen) atoms. The van der Waals surface area contributed by atoms with E-state index >= 15 is 0 Å². The van der Waals surface area contributed by atoms with Crippen molar-refractivity contribution in [1.82, 2.24) is 14.7 Å². The van der Waals surface area contributed by atoms with E-state index in [1.807, 2.05) is 11.3 Å². The molecule has 5 heteroatoms. The molecule has 4 saturated carbocycles. The molecular formula is C65H102BN3O. The van der Waals surface area contributed by atoms with E-state index < -0.39 is 0 Å². The van der Waals surface area contributed by atoms with E-state index in [-0.39, 0.29) is 11.5 Å². The Balaban J connectivity index is 1.05. The van der Waals surface area contributed by atoms with Crippen LogP contribution in [0.15, 0.2) is 58.7 Å². The third-order valence-corrected chi connectivity index (χ3v) is 24.4. The topological polar surface area (TPSA) is 19.0 Å². The lowest BCUT2D eigenvalue weighted by Crippen LogP contribution is -2.76. The highest BCUT2D eigenvalue weighted by Crippen LogP contribution is 2.73. The molecule has 1 spiro atoms.